The van der Waals surface area contributed by atoms with Crippen molar-refractivity contribution < 1.29 is 14.7 Å². The molecule has 2 fully saturated rings. The molecule has 1 aliphatic carbocycles. The Labute approximate surface area is 169 Å². The molecule has 0 aromatic carbocycles. The number of carbonyl (C=O) groups excluding carboxylic acids is 2. The lowest BCUT2D eigenvalue weighted by atomic mass is 9.95. The summed E-state index contributed by atoms with van der Waals surface area (Å²) in [7, 11) is 0. The second-order valence-electron chi connectivity index (χ2n) is 8.95. The fourth-order valence-corrected chi connectivity index (χ4v) is 3.61. The Balaban J connectivity index is 1.60. The molecule has 3 aliphatic rings. The van der Waals surface area contributed by atoms with Crippen LogP contribution in [0.4, 0.5) is 5.82 Å². The van der Waals surface area contributed by atoms with Crippen molar-refractivity contribution in [3.8, 4) is 0 Å². The van der Waals surface area contributed by atoms with Crippen LogP contribution in [0.5, 0.6) is 0 Å². The van der Waals surface area contributed by atoms with E-state index < -0.39 is 18.0 Å². The summed E-state index contributed by atoms with van der Waals surface area (Å²) >= 11 is 0. The number of rotatable bonds is 5. The third-order valence-corrected chi connectivity index (χ3v) is 5.02. The topological polar surface area (TPSA) is 123 Å². The Bertz CT molecular complexity index is 832. The van der Waals surface area contributed by atoms with E-state index in [1.54, 1.807) is 17.2 Å². The fraction of sp³-hybridized carbons (Fsp3) is 0.579. The molecule has 2 amide bonds. The number of aromatic nitrogens is 2. The van der Waals surface area contributed by atoms with Gasteiger partial charge >= 0.3 is 0 Å². The maximum Gasteiger partial charge on any atom is 0.281 e. The Hall–Kier alpha value is -2.88. The van der Waals surface area contributed by atoms with Crippen molar-refractivity contribution in [2.75, 3.05) is 11.9 Å². The van der Waals surface area contributed by atoms with Gasteiger partial charge in [0.05, 0.1) is 6.17 Å². The molecule has 0 bridgehead atoms. The molecule has 4 rings (SSSR count). The summed E-state index contributed by atoms with van der Waals surface area (Å²) < 4.78 is 0. The zero-order valence-corrected chi connectivity index (χ0v) is 16.8. The molecular weight excluding hydrogens is 374 g/mol. The van der Waals surface area contributed by atoms with Crippen molar-refractivity contribution in [2.24, 2.45) is 5.41 Å². The summed E-state index contributed by atoms with van der Waals surface area (Å²) in [4.78, 5) is 35.5. The van der Waals surface area contributed by atoms with Crippen LogP contribution >= 0.6 is 0 Å². The number of carbonyl (C=O) groups is 2. The number of aliphatic hydroxyl groups excluding tert-OH is 1. The van der Waals surface area contributed by atoms with Crippen molar-refractivity contribution in [3.63, 3.8) is 0 Å². The van der Waals surface area contributed by atoms with Gasteiger partial charge < -0.3 is 20.6 Å². The van der Waals surface area contributed by atoms with E-state index in [0.717, 1.165) is 12.8 Å². The van der Waals surface area contributed by atoms with Gasteiger partial charge in [-0.25, -0.2) is 20.4 Å². The van der Waals surface area contributed by atoms with Crippen LogP contribution in [0.15, 0.2) is 30.0 Å². The number of aliphatic hydroxyl groups is 1. The predicted molar refractivity (Wildman–Crippen MR) is 105 cm³/mol. The van der Waals surface area contributed by atoms with Crippen LogP contribution in [0.25, 0.3) is 0 Å². The minimum Gasteiger partial charge on any atom is -0.494 e. The number of nitrogens with zero attached hydrogens (tertiary/aromatic N) is 4. The third kappa shape index (κ3) is 4.12. The lowest BCUT2D eigenvalue weighted by Gasteiger charge is -2.42. The van der Waals surface area contributed by atoms with Gasteiger partial charge in [-0.1, -0.05) is 20.8 Å². The summed E-state index contributed by atoms with van der Waals surface area (Å²) in [5, 5.41) is 18.4. The lowest BCUT2D eigenvalue weighted by molar-refractivity contribution is -0.142. The van der Waals surface area contributed by atoms with Gasteiger partial charge in [-0.2, -0.15) is 0 Å². The van der Waals surface area contributed by atoms with E-state index in [0.29, 0.717) is 18.8 Å². The largest absolute Gasteiger partial charge is 0.494 e. The highest BCUT2D eigenvalue weighted by Gasteiger charge is 2.49. The predicted octanol–water partition coefficient (Wildman–Crippen LogP) is 0.688. The summed E-state index contributed by atoms with van der Waals surface area (Å²) in [6, 6.07) is 1.82. The highest BCUT2D eigenvalue weighted by atomic mass is 16.3. The van der Waals surface area contributed by atoms with Gasteiger partial charge in [0, 0.05) is 25.2 Å². The smallest absolute Gasteiger partial charge is 0.281 e. The van der Waals surface area contributed by atoms with Crippen molar-refractivity contribution >= 4 is 17.6 Å². The normalized spacial score (nSPS) is 24.6. The molecule has 0 spiro atoms. The van der Waals surface area contributed by atoms with Crippen LogP contribution in [0.1, 0.15) is 40.0 Å². The second-order valence-corrected chi connectivity index (χ2v) is 8.95. The Morgan fingerprint density at radius 1 is 1.38 bits per heavy atom. The Kier molecular flexibility index (Phi) is 4.81. The first-order chi connectivity index (χ1) is 13.7. The molecule has 3 heterocycles. The van der Waals surface area contributed by atoms with Gasteiger partial charge in [-0.05, 0) is 24.3 Å². The van der Waals surface area contributed by atoms with Gasteiger partial charge in [0.15, 0.2) is 5.57 Å². The number of hydrogen-bond donors (Lipinski definition) is 4. The van der Waals surface area contributed by atoms with Crippen molar-refractivity contribution in [2.45, 2.75) is 58.4 Å². The van der Waals surface area contributed by atoms with Crippen LogP contribution in [0.3, 0.4) is 0 Å². The molecule has 1 aromatic heterocycles. The molecular formula is C19H27N7O3. The minimum absolute atomic E-state index is 0.0862. The molecule has 1 saturated heterocycles. The number of fused-ring (bicyclic) bond motifs is 1. The highest BCUT2D eigenvalue weighted by Crippen LogP contribution is 2.33. The standard InChI is InChI=1S/C19H27N7O3/c1-19(2,3)9-25-14-8-13(23-12-6-7-20-10-21-12)24-26(14)18(29)15(17(25)28)16(27)22-11-4-5-11/h6-7,10-11,13-14,24,28H,4-5,8-9H2,1-3H3,(H,22,27)(H,20,21,23). The lowest BCUT2D eigenvalue weighted by Crippen LogP contribution is -2.58. The first-order valence-electron chi connectivity index (χ1n) is 9.86. The minimum atomic E-state index is -0.527. The van der Waals surface area contributed by atoms with Crippen molar-refractivity contribution in [1.82, 2.24) is 30.6 Å². The molecule has 2 aliphatic heterocycles. The Morgan fingerprint density at radius 3 is 2.76 bits per heavy atom. The van der Waals surface area contributed by atoms with Gasteiger partial charge in [-0.15, -0.1) is 0 Å². The number of hydrazine groups is 1. The molecule has 29 heavy (non-hydrogen) atoms. The van der Waals surface area contributed by atoms with E-state index in [4.69, 9.17) is 0 Å². The van der Waals surface area contributed by atoms with Crippen LogP contribution < -0.4 is 16.1 Å². The molecule has 2 atom stereocenters. The molecule has 4 N–H and O–H groups in total. The summed E-state index contributed by atoms with van der Waals surface area (Å²) in [5.74, 6) is -0.686. The summed E-state index contributed by atoms with van der Waals surface area (Å²) in [5.41, 5.74) is 2.75. The summed E-state index contributed by atoms with van der Waals surface area (Å²) in [6.45, 7) is 6.62. The molecule has 2 unspecified atom stereocenters. The molecule has 1 aromatic rings. The maximum atomic E-state index is 13.1. The quantitative estimate of drug-likeness (QED) is 0.532. The highest BCUT2D eigenvalue weighted by molar-refractivity contribution is 6.19. The first kappa shape index (κ1) is 19.4. The van der Waals surface area contributed by atoms with Crippen LogP contribution in [0.2, 0.25) is 0 Å². The number of anilines is 1. The zero-order chi connectivity index (χ0) is 20.8. The van der Waals surface area contributed by atoms with Gasteiger partial charge in [0.1, 0.15) is 18.3 Å². The van der Waals surface area contributed by atoms with Crippen molar-refractivity contribution in [1.29, 1.82) is 0 Å². The van der Waals surface area contributed by atoms with E-state index in [1.807, 2.05) is 20.8 Å². The van der Waals surface area contributed by atoms with E-state index in [2.05, 4.69) is 26.0 Å². The van der Waals surface area contributed by atoms with E-state index >= 15 is 0 Å². The second kappa shape index (κ2) is 7.18. The van der Waals surface area contributed by atoms with Gasteiger partial charge in [0.25, 0.3) is 11.8 Å². The Morgan fingerprint density at radius 2 is 2.14 bits per heavy atom. The van der Waals surface area contributed by atoms with E-state index in [-0.39, 0.29) is 29.1 Å². The van der Waals surface area contributed by atoms with Crippen LogP contribution in [-0.4, -0.2) is 61.7 Å². The molecule has 10 nitrogen and oxygen atoms in total. The molecule has 1 saturated carbocycles. The van der Waals surface area contributed by atoms with Gasteiger partial charge in [0.2, 0.25) is 5.88 Å². The summed E-state index contributed by atoms with van der Waals surface area (Å²) in [6.07, 6.45) is 4.66. The third-order valence-electron chi connectivity index (χ3n) is 5.02. The number of nitrogens with one attached hydrogen (secondary N) is 3. The van der Waals surface area contributed by atoms with E-state index in [9.17, 15) is 14.7 Å². The average Bonchev–Trinajstić information content (AvgIpc) is 3.35. The number of amides is 2. The molecule has 10 heteroatoms. The maximum absolute atomic E-state index is 13.1. The average molecular weight is 401 g/mol. The van der Waals surface area contributed by atoms with E-state index in [1.165, 1.54) is 11.3 Å². The monoisotopic (exact) mass is 401 g/mol. The van der Waals surface area contributed by atoms with Crippen LogP contribution in [-0.2, 0) is 9.59 Å². The molecule has 156 valence electrons. The molecule has 0 radical (unpaired) electrons. The zero-order valence-electron chi connectivity index (χ0n) is 16.8. The van der Waals surface area contributed by atoms with Crippen LogP contribution in [0, 0.1) is 5.41 Å². The first-order valence-corrected chi connectivity index (χ1v) is 9.86. The SMILES string of the molecule is CC(C)(C)CN1C(O)=C(C(=O)NC2CC2)C(=O)N2NC(Nc3ccncn3)CC12. The van der Waals surface area contributed by atoms with Gasteiger partial charge in [-0.3, -0.25) is 9.59 Å². The van der Waals surface area contributed by atoms with Crippen molar-refractivity contribution in [3.05, 3.63) is 30.0 Å². The number of hydrogen-bond acceptors (Lipinski definition) is 8. The fourth-order valence-electron chi connectivity index (χ4n) is 3.61.